The Hall–Kier alpha value is -0.780. The second-order valence-electron chi connectivity index (χ2n) is 5.52. The van der Waals surface area contributed by atoms with E-state index in [0.29, 0.717) is 0 Å². The van der Waals surface area contributed by atoms with Crippen molar-refractivity contribution in [1.29, 1.82) is 0 Å². The van der Waals surface area contributed by atoms with Gasteiger partial charge in [0.1, 0.15) is 0 Å². The van der Waals surface area contributed by atoms with E-state index in [1.54, 1.807) is 0 Å². The number of benzene rings is 1. The second-order valence-corrected chi connectivity index (χ2v) is 5.52. The van der Waals surface area contributed by atoms with Gasteiger partial charge in [0, 0.05) is 1.43 Å². The average molecular weight is 236 g/mol. The highest BCUT2D eigenvalue weighted by atomic mass is 14.2. The molecule has 1 aromatic rings. The van der Waals surface area contributed by atoms with Crippen molar-refractivity contribution >= 4 is 0 Å². The topological polar surface area (TPSA) is 0 Å². The number of aryl methyl sites for hydroxylation is 2. The highest BCUT2D eigenvalue weighted by molar-refractivity contribution is 5.19. The third-order valence-electron chi connectivity index (χ3n) is 3.52. The summed E-state index contributed by atoms with van der Waals surface area (Å²) in [5, 5.41) is 0. The van der Waals surface area contributed by atoms with Crippen LogP contribution in [-0.4, -0.2) is 0 Å². The van der Waals surface area contributed by atoms with Crippen molar-refractivity contribution in [2.24, 2.45) is 11.8 Å². The van der Waals surface area contributed by atoms with Crippen LogP contribution in [-0.2, 0) is 0 Å². The molecule has 0 aliphatic heterocycles. The molecule has 0 atom stereocenters. The molecule has 17 heavy (non-hydrogen) atoms. The maximum atomic E-state index is 2.37. The summed E-state index contributed by atoms with van der Waals surface area (Å²) in [6, 6.07) is 8.48. The smallest absolute Gasteiger partial charge is 0 e. The molecule has 1 aromatic carbocycles. The Balaban J connectivity index is 0. The van der Waals surface area contributed by atoms with Crippen molar-refractivity contribution in [2.45, 2.75) is 60.8 Å². The number of rotatable bonds is 0. The van der Waals surface area contributed by atoms with Crippen molar-refractivity contribution in [2.75, 3.05) is 0 Å². The van der Waals surface area contributed by atoms with E-state index in [1.165, 1.54) is 36.8 Å². The van der Waals surface area contributed by atoms with Gasteiger partial charge < -0.3 is 0 Å². The Labute approximate surface area is 110 Å². The lowest BCUT2D eigenvalue weighted by Gasteiger charge is -2.22. The molecule has 0 radical (unpaired) electrons. The minimum absolute atomic E-state index is 0. The minimum atomic E-state index is 0. The van der Waals surface area contributed by atoms with Gasteiger partial charge in [-0.05, 0) is 25.7 Å². The van der Waals surface area contributed by atoms with Crippen LogP contribution in [0.25, 0.3) is 0 Å². The Morgan fingerprint density at radius 3 is 1.24 bits per heavy atom. The molecule has 0 bridgehead atoms. The van der Waals surface area contributed by atoms with Crippen molar-refractivity contribution in [3.05, 3.63) is 35.4 Å². The van der Waals surface area contributed by atoms with Crippen molar-refractivity contribution < 1.29 is 1.43 Å². The molecule has 0 spiro atoms. The van der Waals surface area contributed by atoms with Crippen LogP contribution in [0, 0.1) is 25.7 Å². The zero-order valence-corrected chi connectivity index (χ0v) is 11.3. The molecule has 0 unspecified atom stereocenters. The van der Waals surface area contributed by atoms with Gasteiger partial charge in [-0.2, -0.15) is 0 Å². The number of hydrogen-bond acceptors (Lipinski definition) is 0. The minimum Gasteiger partial charge on any atom is -0.0776 e. The monoisotopic (exact) mass is 236 g/mol. The van der Waals surface area contributed by atoms with Gasteiger partial charge in [0.25, 0.3) is 0 Å². The molecule has 0 N–H and O–H groups in total. The molecule has 0 nitrogen and oxygen atoms in total. The van der Waals surface area contributed by atoms with Crippen LogP contribution in [0.5, 0.6) is 0 Å². The van der Waals surface area contributed by atoms with Crippen LogP contribution >= 0.6 is 0 Å². The molecular weight excluding hydrogens is 204 g/mol. The molecule has 100 valence electrons. The van der Waals surface area contributed by atoms with Crippen LogP contribution in [0.4, 0.5) is 0 Å². The first kappa shape index (κ1) is 16.2. The van der Waals surface area contributed by atoms with E-state index in [0.717, 1.165) is 11.8 Å². The fraction of sp³-hybridized carbons (Fsp3) is 0.647. The molecular formula is C17H32. The SMILES string of the molecule is C.CC1CCC(C)CC1.Cc1ccc(C)cc1.[HH]. The molecule has 1 aliphatic carbocycles. The van der Waals surface area contributed by atoms with E-state index in [-0.39, 0.29) is 8.85 Å². The summed E-state index contributed by atoms with van der Waals surface area (Å²) in [6.07, 6.45) is 5.89. The summed E-state index contributed by atoms with van der Waals surface area (Å²) in [5.41, 5.74) is 2.66. The van der Waals surface area contributed by atoms with Gasteiger partial charge in [-0.1, -0.05) is 82.3 Å². The fourth-order valence-electron chi connectivity index (χ4n) is 2.06. The van der Waals surface area contributed by atoms with Crippen LogP contribution in [0.3, 0.4) is 0 Å². The van der Waals surface area contributed by atoms with Crippen LogP contribution in [0.2, 0.25) is 0 Å². The van der Waals surface area contributed by atoms with E-state index in [9.17, 15) is 0 Å². The first-order chi connectivity index (χ1) is 7.58. The van der Waals surface area contributed by atoms with Gasteiger partial charge in [0.2, 0.25) is 0 Å². The Bertz CT molecular complexity index is 250. The molecule has 0 saturated heterocycles. The molecule has 0 heteroatoms. The lowest BCUT2D eigenvalue weighted by Crippen LogP contribution is -2.08. The Kier molecular flexibility index (Phi) is 7.95. The summed E-state index contributed by atoms with van der Waals surface area (Å²) in [7, 11) is 0. The summed E-state index contributed by atoms with van der Waals surface area (Å²) in [6.45, 7) is 8.93. The maximum Gasteiger partial charge on any atom is 0 e. The summed E-state index contributed by atoms with van der Waals surface area (Å²) < 4.78 is 0. The highest BCUT2D eigenvalue weighted by Gasteiger charge is 2.13. The zero-order chi connectivity index (χ0) is 12.0. The third-order valence-corrected chi connectivity index (χ3v) is 3.52. The van der Waals surface area contributed by atoms with Crippen LogP contribution in [0.15, 0.2) is 24.3 Å². The van der Waals surface area contributed by atoms with E-state index in [1.807, 2.05) is 0 Å². The van der Waals surface area contributed by atoms with Crippen LogP contribution in [0.1, 0.15) is 59.5 Å². The molecule has 1 fully saturated rings. The summed E-state index contributed by atoms with van der Waals surface area (Å²) in [5.74, 6) is 2.04. The summed E-state index contributed by atoms with van der Waals surface area (Å²) in [4.78, 5) is 0. The molecule has 0 heterocycles. The van der Waals surface area contributed by atoms with Crippen molar-refractivity contribution in [1.82, 2.24) is 0 Å². The lowest BCUT2D eigenvalue weighted by molar-refractivity contribution is 0.308. The first-order valence-electron chi connectivity index (χ1n) is 6.61. The van der Waals surface area contributed by atoms with Crippen molar-refractivity contribution in [3.63, 3.8) is 0 Å². The lowest BCUT2D eigenvalue weighted by atomic mass is 9.84. The first-order valence-corrected chi connectivity index (χ1v) is 6.61. The predicted octanol–water partition coefficient (Wildman–Crippen LogP) is 6.02. The van der Waals surface area contributed by atoms with E-state index in [2.05, 4.69) is 52.0 Å². The average Bonchev–Trinajstić information content (AvgIpc) is 2.28. The molecule has 1 saturated carbocycles. The van der Waals surface area contributed by atoms with E-state index >= 15 is 0 Å². The quantitative estimate of drug-likeness (QED) is 0.517. The summed E-state index contributed by atoms with van der Waals surface area (Å²) >= 11 is 0. The van der Waals surface area contributed by atoms with E-state index in [4.69, 9.17) is 0 Å². The van der Waals surface area contributed by atoms with Gasteiger partial charge in [0.15, 0.2) is 0 Å². The fourth-order valence-corrected chi connectivity index (χ4v) is 2.06. The standard InChI is InChI=1S/C8H16.C8H10.CH4.H2/c2*1-7-3-5-8(2)6-4-7;;/h7-8H,3-6H2,1-2H3;3-6H,1-2H3;1H4;1H. The second kappa shape index (κ2) is 8.33. The van der Waals surface area contributed by atoms with Crippen molar-refractivity contribution in [3.8, 4) is 0 Å². The largest absolute Gasteiger partial charge is 0.0776 e. The molecule has 0 amide bonds. The normalized spacial score (nSPS) is 23.1. The molecule has 1 aliphatic rings. The maximum absolute atomic E-state index is 2.37. The third kappa shape index (κ3) is 7.20. The van der Waals surface area contributed by atoms with Gasteiger partial charge >= 0.3 is 0 Å². The van der Waals surface area contributed by atoms with E-state index < -0.39 is 0 Å². The highest BCUT2D eigenvalue weighted by Crippen LogP contribution is 2.27. The molecule has 2 rings (SSSR count). The number of hydrogen-bond donors (Lipinski definition) is 0. The molecule has 0 aromatic heterocycles. The Morgan fingerprint density at radius 2 is 1.00 bits per heavy atom. The van der Waals surface area contributed by atoms with Crippen LogP contribution < -0.4 is 0 Å². The van der Waals surface area contributed by atoms with Gasteiger partial charge in [-0.25, -0.2) is 0 Å². The van der Waals surface area contributed by atoms with Gasteiger partial charge in [-0.15, -0.1) is 0 Å². The van der Waals surface area contributed by atoms with Gasteiger partial charge in [0.05, 0.1) is 0 Å². The van der Waals surface area contributed by atoms with Gasteiger partial charge in [-0.3, -0.25) is 0 Å². The Morgan fingerprint density at radius 1 is 0.765 bits per heavy atom. The zero-order valence-electron chi connectivity index (χ0n) is 11.3. The predicted molar refractivity (Wildman–Crippen MR) is 81.6 cm³/mol.